The summed E-state index contributed by atoms with van der Waals surface area (Å²) >= 11 is 3.16. The molecule has 2 aliphatic rings. The number of thiazole rings is 1. The van der Waals surface area contributed by atoms with Gasteiger partial charge in [0.1, 0.15) is 10.7 Å². The van der Waals surface area contributed by atoms with Crippen molar-refractivity contribution in [3.05, 3.63) is 58.7 Å². The number of rotatable bonds is 7. The second-order valence-corrected chi connectivity index (χ2v) is 10.5. The maximum Gasteiger partial charge on any atom is 0.273 e. The fraction of sp³-hybridized carbons (Fsp3) is 0.417. The lowest BCUT2D eigenvalue weighted by Gasteiger charge is -2.32. The van der Waals surface area contributed by atoms with E-state index >= 15 is 0 Å². The Hall–Kier alpha value is -2.58. The Morgan fingerprint density at radius 3 is 2.72 bits per heavy atom. The van der Waals surface area contributed by atoms with E-state index in [2.05, 4.69) is 15.3 Å². The van der Waals surface area contributed by atoms with Gasteiger partial charge in [-0.3, -0.25) is 14.6 Å². The first-order valence-electron chi connectivity index (χ1n) is 11.1. The molecule has 0 aromatic carbocycles. The van der Waals surface area contributed by atoms with Crippen LogP contribution in [0.1, 0.15) is 41.7 Å². The van der Waals surface area contributed by atoms with Crippen LogP contribution in [0.4, 0.5) is 0 Å². The third kappa shape index (κ3) is 4.47. The Morgan fingerprint density at radius 2 is 1.97 bits per heavy atom. The third-order valence-corrected chi connectivity index (χ3v) is 8.58. The van der Waals surface area contributed by atoms with Gasteiger partial charge in [-0.1, -0.05) is 6.07 Å². The van der Waals surface area contributed by atoms with Gasteiger partial charge in [-0.15, -0.1) is 22.7 Å². The molecule has 1 atom stereocenters. The summed E-state index contributed by atoms with van der Waals surface area (Å²) in [4.78, 5) is 37.1. The number of amides is 2. The minimum atomic E-state index is 0.0108. The number of aryl methyl sites for hydroxylation is 1. The second-order valence-electron chi connectivity index (χ2n) is 8.68. The highest BCUT2D eigenvalue weighted by molar-refractivity contribution is 7.20. The summed E-state index contributed by atoms with van der Waals surface area (Å²) in [5.41, 5.74) is 1.88. The van der Waals surface area contributed by atoms with Crippen LogP contribution in [0.5, 0.6) is 0 Å². The molecule has 8 heteroatoms. The molecule has 4 heterocycles. The summed E-state index contributed by atoms with van der Waals surface area (Å²) in [6, 6.07) is 8.05. The van der Waals surface area contributed by atoms with E-state index in [1.807, 2.05) is 39.9 Å². The van der Waals surface area contributed by atoms with E-state index in [4.69, 9.17) is 0 Å². The largest absolute Gasteiger partial charge is 0.356 e. The lowest BCUT2D eigenvalue weighted by molar-refractivity contribution is -0.123. The smallest absolute Gasteiger partial charge is 0.273 e. The number of carbonyl (C=O) groups is 2. The van der Waals surface area contributed by atoms with Crippen molar-refractivity contribution >= 4 is 34.5 Å². The van der Waals surface area contributed by atoms with Crippen LogP contribution in [0, 0.1) is 11.3 Å². The van der Waals surface area contributed by atoms with Crippen LogP contribution in [0.3, 0.4) is 0 Å². The number of aromatic nitrogens is 2. The van der Waals surface area contributed by atoms with Gasteiger partial charge in [0.2, 0.25) is 5.91 Å². The van der Waals surface area contributed by atoms with Gasteiger partial charge < -0.3 is 10.2 Å². The molecular formula is C24H26N4O2S2. The zero-order valence-electron chi connectivity index (χ0n) is 17.8. The molecule has 0 unspecified atom stereocenters. The SMILES string of the molecule is O=C(NCCCc1ccncc1)[C@H]1CC12CCN(C(=O)c1csc(-c3cccs3)n1)CC2. The van der Waals surface area contributed by atoms with Crippen LogP contribution in [-0.2, 0) is 11.2 Å². The number of pyridine rings is 1. The molecule has 1 N–H and O–H groups in total. The summed E-state index contributed by atoms with van der Waals surface area (Å²) in [6.07, 6.45) is 8.22. The Labute approximate surface area is 195 Å². The summed E-state index contributed by atoms with van der Waals surface area (Å²) in [5, 5.41) is 7.90. The predicted molar refractivity (Wildman–Crippen MR) is 127 cm³/mol. The monoisotopic (exact) mass is 466 g/mol. The maximum atomic E-state index is 12.9. The normalized spacial score (nSPS) is 19.1. The van der Waals surface area contributed by atoms with Gasteiger partial charge in [-0.05, 0) is 66.7 Å². The van der Waals surface area contributed by atoms with Gasteiger partial charge in [0.25, 0.3) is 5.91 Å². The van der Waals surface area contributed by atoms with Crippen molar-refractivity contribution in [1.82, 2.24) is 20.2 Å². The summed E-state index contributed by atoms with van der Waals surface area (Å²) < 4.78 is 0. The number of likely N-dealkylation sites (tertiary alicyclic amines) is 1. The predicted octanol–water partition coefficient (Wildman–Crippen LogP) is 4.26. The second kappa shape index (κ2) is 9.11. The molecule has 1 spiro atoms. The van der Waals surface area contributed by atoms with Crippen LogP contribution in [0.25, 0.3) is 9.88 Å². The van der Waals surface area contributed by atoms with Crippen molar-refractivity contribution in [2.75, 3.05) is 19.6 Å². The molecule has 166 valence electrons. The number of piperidine rings is 1. The van der Waals surface area contributed by atoms with E-state index in [1.165, 1.54) is 16.9 Å². The fourth-order valence-electron chi connectivity index (χ4n) is 4.65. The Bertz CT molecular complexity index is 1070. The van der Waals surface area contributed by atoms with Gasteiger partial charge in [0, 0.05) is 43.3 Å². The number of nitrogens with zero attached hydrogens (tertiary/aromatic N) is 3. The summed E-state index contributed by atoms with van der Waals surface area (Å²) in [6.45, 7) is 2.11. The molecule has 2 fully saturated rings. The van der Waals surface area contributed by atoms with Crippen LogP contribution in [0.2, 0.25) is 0 Å². The maximum absolute atomic E-state index is 12.9. The third-order valence-electron chi connectivity index (χ3n) is 6.70. The van der Waals surface area contributed by atoms with Crippen molar-refractivity contribution in [2.24, 2.45) is 11.3 Å². The van der Waals surface area contributed by atoms with E-state index in [1.54, 1.807) is 23.7 Å². The first-order valence-corrected chi connectivity index (χ1v) is 12.9. The molecule has 1 saturated carbocycles. The van der Waals surface area contributed by atoms with Gasteiger partial charge >= 0.3 is 0 Å². The van der Waals surface area contributed by atoms with Crippen LogP contribution in [0.15, 0.2) is 47.4 Å². The molecule has 0 radical (unpaired) electrons. The van der Waals surface area contributed by atoms with Crippen molar-refractivity contribution in [1.29, 1.82) is 0 Å². The van der Waals surface area contributed by atoms with Gasteiger partial charge in [0.05, 0.1) is 4.88 Å². The van der Waals surface area contributed by atoms with Gasteiger partial charge in [-0.25, -0.2) is 4.98 Å². The molecule has 3 aromatic rings. The standard InChI is InChI=1S/C24H26N4O2S2/c29-21(26-9-1-3-17-5-10-25-11-6-17)18-15-24(18)7-12-28(13-8-24)23(30)19-16-32-22(27-19)20-4-2-14-31-20/h2,4-6,10-11,14,16,18H,1,3,7-9,12-13,15H2,(H,26,29)/t18-/m1/s1. The minimum Gasteiger partial charge on any atom is -0.356 e. The van der Waals surface area contributed by atoms with E-state index in [-0.39, 0.29) is 23.1 Å². The highest BCUT2D eigenvalue weighted by Gasteiger charge is 2.58. The van der Waals surface area contributed by atoms with E-state index in [0.717, 1.165) is 42.0 Å². The number of hydrogen-bond acceptors (Lipinski definition) is 6. The van der Waals surface area contributed by atoms with Crippen molar-refractivity contribution in [2.45, 2.75) is 32.1 Å². The molecule has 2 amide bonds. The van der Waals surface area contributed by atoms with Crippen LogP contribution in [-0.4, -0.2) is 46.3 Å². The zero-order valence-corrected chi connectivity index (χ0v) is 19.5. The van der Waals surface area contributed by atoms with Crippen molar-refractivity contribution in [3.8, 4) is 9.88 Å². The molecule has 1 saturated heterocycles. The molecular weight excluding hydrogens is 440 g/mol. The molecule has 32 heavy (non-hydrogen) atoms. The topological polar surface area (TPSA) is 75.2 Å². The molecule has 5 rings (SSSR count). The Morgan fingerprint density at radius 1 is 1.16 bits per heavy atom. The first-order chi connectivity index (χ1) is 15.6. The van der Waals surface area contributed by atoms with E-state index in [9.17, 15) is 9.59 Å². The average molecular weight is 467 g/mol. The molecule has 1 aliphatic carbocycles. The lowest BCUT2D eigenvalue weighted by atomic mass is 9.90. The van der Waals surface area contributed by atoms with Crippen molar-refractivity contribution in [3.63, 3.8) is 0 Å². The minimum absolute atomic E-state index is 0.0108. The van der Waals surface area contributed by atoms with Crippen molar-refractivity contribution < 1.29 is 9.59 Å². The van der Waals surface area contributed by atoms with Crippen LogP contribution >= 0.6 is 22.7 Å². The average Bonchev–Trinajstić information content (AvgIpc) is 3.22. The lowest BCUT2D eigenvalue weighted by Crippen LogP contribution is -2.40. The summed E-state index contributed by atoms with van der Waals surface area (Å²) in [5.74, 6) is 0.293. The molecule has 0 bridgehead atoms. The van der Waals surface area contributed by atoms with Crippen LogP contribution < -0.4 is 5.32 Å². The zero-order chi connectivity index (χ0) is 22.0. The Kier molecular flexibility index (Phi) is 6.06. The summed E-state index contributed by atoms with van der Waals surface area (Å²) in [7, 11) is 0. The first kappa shape index (κ1) is 21.3. The molecule has 1 aliphatic heterocycles. The van der Waals surface area contributed by atoms with Gasteiger partial charge in [0.15, 0.2) is 0 Å². The number of carbonyl (C=O) groups excluding carboxylic acids is 2. The molecule has 6 nitrogen and oxygen atoms in total. The number of hydrogen-bond donors (Lipinski definition) is 1. The van der Waals surface area contributed by atoms with E-state index < -0.39 is 0 Å². The molecule has 3 aromatic heterocycles. The highest BCUT2D eigenvalue weighted by Crippen LogP contribution is 2.59. The Balaban J connectivity index is 1.07. The highest BCUT2D eigenvalue weighted by atomic mass is 32.1. The number of thiophene rings is 1. The van der Waals surface area contributed by atoms with Gasteiger partial charge in [-0.2, -0.15) is 0 Å². The fourth-order valence-corrected chi connectivity index (χ4v) is 6.26. The quantitative estimate of drug-likeness (QED) is 0.528. The number of nitrogens with one attached hydrogen (secondary N) is 1. The van der Waals surface area contributed by atoms with E-state index in [0.29, 0.717) is 25.3 Å².